The fourth-order valence-corrected chi connectivity index (χ4v) is 2.46. The zero-order valence-electron chi connectivity index (χ0n) is 15.6. The van der Waals surface area contributed by atoms with Gasteiger partial charge in [-0.25, -0.2) is 0 Å². The van der Waals surface area contributed by atoms with E-state index in [-0.39, 0.29) is 11.0 Å². The zero-order chi connectivity index (χ0) is 16.6. The lowest BCUT2D eigenvalue weighted by Crippen LogP contribution is -2.41. The number of nitrogens with one attached hydrogen (secondary N) is 1. The van der Waals surface area contributed by atoms with Crippen molar-refractivity contribution in [2.45, 2.75) is 73.5 Å². The average Bonchev–Trinajstić information content (AvgIpc) is 2.57. The Bertz CT molecular complexity index is 474. The van der Waals surface area contributed by atoms with Crippen LogP contribution in [0.15, 0.2) is 0 Å². The molecular formula is C17H34N4. The Balaban J connectivity index is 3.12. The van der Waals surface area contributed by atoms with Gasteiger partial charge in [-0.15, -0.1) is 0 Å². The molecule has 0 radical (unpaired) electrons. The minimum Gasteiger partial charge on any atom is -0.356 e. The number of anilines is 1. The SMILES string of the molecule is Cc1nn(C)c(N(C)C(C)C(C)(C)C)c1CNC(C)(C)C. The number of hydrogen-bond donors (Lipinski definition) is 1. The topological polar surface area (TPSA) is 33.1 Å². The fourth-order valence-electron chi connectivity index (χ4n) is 2.46. The molecule has 1 aromatic heterocycles. The first-order chi connectivity index (χ1) is 9.34. The van der Waals surface area contributed by atoms with Crippen LogP contribution in [0.2, 0.25) is 0 Å². The standard InChI is InChI=1S/C17H34N4/c1-12-14(11-18-17(6,7)8)15(21(10)19-12)20(9)13(2)16(3,4)5/h13,18H,11H2,1-10H3. The second-order valence-corrected chi connectivity index (χ2v) is 8.27. The van der Waals surface area contributed by atoms with Crippen LogP contribution in [0.25, 0.3) is 0 Å². The molecule has 0 amide bonds. The summed E-state index contributed by atoms with van der Waals surface area (Å²) in [6.07, 6.45) is 0. The Morgan fingerprint density at radius 1 is 1.19 bits per heavy atom. The third-order valence-corrected chi connectivity index (χ3v) is 4.28. The zero-order valence-corrected chi connectivity index (χ0v) is 15.6. The van der Waals surface area contributed by atoms with Gasteiger partial charge in [0.2, 0.25) is 0 Å². The monoisotopic (exact) mass is 294 g/mol. The van der Waals surface area contributed by atoms with Crippen LogP contribution in [-0.2, 0) is 13.6 Å². The maximum atomic E-state index is 4.63. The molecule has 0 aliphatic carbocycles. The summed E-state index contributed by atoms with van der Waals surface area (Å²) in [6.45, 7) is 18.7. The van der Waals surface area contributed by atoms with Gasteiger partial charge in [0.25, 0.3) is 0 Å². The molecule has 4 nitrogen and oxygen atoms in total. The number of nitrogens with zero attached hydrogens (tertiary/aromatic N) is 3. The van der Waals surface area contributed by atoms with E-state index in [4.69, 9.17) is 0 Å². The second kappa shape index (κ2) is 5.99. The van der Waals surface area contributed by atoms with Gasteiger partial charge in [0, 0.05) is 37.8 Å². The van der Waals surface area contributed by atoms with Crippen molar-refractivity contribution in [3.8, 4) is 0 Å². The highest BCUT2D eigenvalue weighted by Crippen LogP contribution is 2.30. The fraction of sp³-hybridized carbons (Fsp3) is 0.824. The summed E-state index contributed by atoms with van der Waals surface area (Å²) in [7, 11) is 4.21. The van der Waals surface area contributed by atoms with E-state index in [1.165, 1.54) is 11.4 Å². The van der Waals surface area contributed by atoms with Crippen LogP contribution in [0.1, 0.15) is 59.7 Å². The highest BCUT2D eigenvalue weighted by atomic mass is 15.4. The highest BCUT2D eigenvalue weighted by molar-refractivity contribution is 5.50. The van der Waals surface area contributed by atoms with Gasteiger partial charge in [-0.2, -0.15) is 5.10 Å². The van der Waals surface area contributed by atoms with Crippen LogP contribution in [0.4, 0.5) is 5.82 Å². The van der Waals surface area contributed by atoms with E-state index >= 15 is 0 Å². The molecule has 1 unspecified atom stereocenters. The van der Waals surface area contributed by atoms with Gasteiger partial charge in [0.1, 0.15) is 5.82 Å². The Morgan fingerprint density at radius 2 is 1.71 bits per heavy atom. The second-order valence-electron chi connectivity index (χ2n) is 8.27. The molecule has 1 heterocycles. The highest BCUT2D eigenvalue weighted by Gasteiger charge is 2.28. The molecule has 122 valence electrons. The number of aryl methyl sites for hydroxylation is 2. The van der Waals surface area contributed by atoms with E-state index in [0.717, 1.165) is 12.2 Å². The average molecular weight is 294 g/mol. The summed E-state index contributed by atoms with van der Waals surface area (Å²) >= 11 is 0. The number of rotatable bonds is 4. The first kappa shape index (κ1) is 18.0. The minimum atomic E-state index is 0.105. The summed E-state index contributed by atoms with van der Waals surface area (Å²) in [5.74, 6) is 1.21. The molecule has 0 saturated heterocycles. The molecule has 0 aromatic carbocycles. The predicted octanol–water partition coefficient (Wildman–Crippen LogP) is 3.49. The van der Waals surface area contributed by atoms with Crippen LogP contribution in [0.3, 0.4) is 0 Å². The smallest absolute Gasteiger partial charge is 0.131 e. The van der Waals surface area contributed by atoms with Crippen LogP contribution in [0.5, 0.6) is 0 Å². The summed E-state index contributed by atoms with van der Waals surface area (Å²) in [5, 5.41) is 8.22. The first-order valence-electron chi connectivity index (χ1n) is 7.85. The molecule has 1 aromatic rings. The number of hydrogen-bond acceptors (Lipinski definition) is 3. The van der Waals surface area contributed by atoms with Crippen molar-refractivity contribution in [1.82, 2.24) is 15.1 Å². The van der Waals surface area contributed by atoms with Crippen LogP contribution < -0.4 is 10.2 Å². The molecular weight excluding hydrogens is 260 g/mol. The summed E-state index contributed by atoms with van der Waals surface area (Å²) in [6, 6.07) is 0.431. The molecule has 0 fully saturated rings. The van der Waals surface area contributed by atoms with E-state index in [2.05, 4.69) is 77.8 Å². The molecule has 1 N–H and O–H groups in total. The predicted molar refractivity (Wildman–Crippen MR) is 91.9 cm³/mol. The van der Waals surface area contributed by atoms with Crippen molar-refractivity contribution in [2.24, 2.45) is 12.5 Å². The van der Waals surface area contributed by atoms with Gasteiger partial charge in [-0.1, -0.05) is 20.8 Å². The van der Waals surface area contributed by atoms with E-state index in [0.29, 0.717) is 6.04 Å². The molecule has 1 atom stereocenters. The lowest BCUT2D eigenvalue weighted by molar-refractivity contribution is 0.326. The van der Waals surface area contributed by atoms with E-state index in [9.17, 15) is 0 Å². The molecule has 0 aliphatic rings. The lowest BCUT2D eigenvalue weighted by atomic mass is 9.87. The van der Waals surface area contributed by atoms with Gasteiger partial charge in [-0.3, -0.25) is 4.68 Å². The number of aromatic nitrogens is 2. The van der Waals surface area contributed by atoms with Crippen molar-refractivity contribution in [2.75, 3.05) is 11.9 Å². The summed E-state index contributed by atoms with van der Waals surface area (Å²) < 4.78 is 2.01. The molecule has 0 saturated carbocycles. The van der Waals surface area contributed by atoms with Gasteiger partial charge in [-0.05, 0) is 40.0 Å². The Kier molecular flexibility index (Phi) is 5.14. The minimum absolute atomic E-state index is 0.105. The Hall–Kier alpha value is -1.03. The van der Waals surface area contributed by atoms with Crippen molar-refractivity contribution in [3.63, 3.8) is 0 Å². The van der Waals surface area contributed by atoms with Crippen molar-refractivity contribution in [1.29, 1.82) is 0 Å². The third kappa shape index (κ3) is 4.47. The first-order valence-corrected chi connectivity index (χ1v) is 7.85. The Morgan fingerprint density at radius 3 is 2.14 bits per heavy atom. The normalized spacial score (nSPS) is 14.4. The third-order valence-electron chi connectivity index (χ3n) is 4.28. The summed E-state index contributed by atoms with van der Waals surface area (Å²) in [5.41, 5.74) is 2.73. The molecule has 0 aliphatic heterocycles. The van der Waals surface area contributed by atoms with Crippen LogP contribution in [-0.4, -0.2) is 28.4 Å². The van der Waals surface area contributed by atoms with E-state index in [1.54, 1.807) is 0 Å². The largest absolute Gasteiger partial charge is 0.356 e. The quantitative estimate of drug-likeness (QED) is 0.923. The Labute approximate surface area is 130 Å². The summed E-state index contributed by atoms with van der Waals surface area (Å²) in [4.78, 5) is 2.36. The van der Waals surface area contributed by atoms with Gasteiger partial charge >= 0.3 is 0 Å². The maximum absolute atomic E-state index is 4.63. The van der Waals surface area contributed by atoms with Crippen molar-refractivity contribution >= 4 is 5.82 Å². The van der Waals surface area contributed by atoms with E-state index in [1.807, 2.05) is 11.7 Å². The maximum Gasteiger partial charge on any atom is 0.131 e. The lowest BCUT2D eigenvalue weighted by Gasteiger charge is -2.37. The van der Waals surface area contributed by atoms with Gasteiger partial charge in [0.05, 0.1) is 5.69 Å². The van der Waals surface area contributed by atoms with Crippen LogP contribution >= 0.6 is 0 Å². The molecule has 1 rings (SSSR count). The molecule has 4 heteroatoms. The van der Waals surface area contributed by atoms with Gasteiger partial charge < -0.3 is 10.2 Å². The molecule has 21 heavy (non-hydrogen) atoms. The van der Waals surface area contributed by atoms with Gasteiger partial charge in [0.15, 0.2) is 0 Å². The van der Waals surface area contributed by atoms with Crippen molar-refractivity contribution < 1.29 is 0 Å². The molecule has 0 bridgehead atoms. The van der Waals surface area contributed by atoms with E-state index < -0.39 is 0 Å². The molecule has 0 spiro atoms. The van der Waals surface area contributed by atoms with Crippen LogP contribution in [0, 0.1) is 12.3 Å². The van der Waals surface area contributed by atoms with Crippen molar-refractivity contribution in [3.05, 3.63) is 11.3 Å².